The molecule has 2 nitrogen and oxygen atoms in total. The van der Waals surface area contributed by atoms with Crippen LogP contribution >= 0.6 is 0 Å². The first-order valence-electron chi connectivity index (χ1n) is 7.11. The van der Waals surface area contributed by atoms with Gasteiger partial charge < -0.3 is 4.84 Å². The molecule has 0 N–H and O–H groups in total. The first kappa shape index (κ1) is 16.2. The van der Waals surface area contributed by atoms with Gasteiger partial charge in [0.05, 0.1) is 0 Å². The van der Waals surface area contributed by atoms with Crippen molar-refractivity contribution in [3.8, 4) is 0 Å². The highest BCUT2D eigenvalue weighted by atomic mass is 16.6. The van der Waals surface area contributed by atoms with Crippen LogP contribution in [0.3, 0.4) is 0 Å². The molecule has 0 aromatic rings. The molecule has 0 bridgehead atoms. The molecule has 0 aliphatic rings. The molecule has 2 heteroatoms. The normalized spacial score (nSPS) is 14.2. The van der Waals surface area contributed by atoms with E-state index in [1.54, 1.807) is 6.21 Å². The number of unbranched alkanes of at least 4 members (excludes halogenated alkanes) is 3. The Morgan fingerprint density at radius 1 is 1.06 bits per heavy atom. The summed E-state index contributed by atoms with van der Waals surface area (Å²) in [5, 5.41) is 3.90. The lowest BCUT2D eigenvalue weighted by Crippen LogP contribution is -2.06. The van der Waals surface area contributed by atoms with E-state index in [1.165, 1.54) is 44.9 Å². The molecule has 0 radical (unpaired) electrons. The number of rotatable bonds is 10. The Hall–Kier alpha value is -0.790. The van der Waals surface area contributed by atoms with Crippen molar-refractivity contribution in [2.75, 3.05) is 0 Å². The molecule has 0 spiro atoms. The standard InChI is InChI=1S/C15H29NO/c1-5-9-10-11-13-14(12-6-2)15(7-3)17-16-8-4/h7-8,14H,5-6,9-13H2,1-4H3/b15-7-,16-8-. The zero-order chi connectivity index (χ0) is 12.9. The summed E-state index contributed by atoms with van der Waals surface area (Å²) in [6, 6.07) is 0. The molecule has 0 aliphatic carbocycles. The summed E-state index contributed by atoms with van der Waals surface area (Å²) in [6.45, 7) is 8.40. The molecule has 0 fully saturated rings. The van der Waals surface area contributed by atoms with Crippen molar-refractivity contribution < 1.29 is 4.84 Å². The van der Waals surface area contributed by atoms with Gasteiger partial charge >= 0.3 is 0 Å². The number of oxime groups is 1. The maximum atomic E-state index is 5.44. The summed E-state index contributed by atoms with van der Waals surface area (Å²) < 4.78 is 0. The minimum absolute atomic E-state index is 0.547. The van der Waals surface area contributed by atoms with E-state index in [2.05, 4.69) is 25.1 Å². The molecule has 0 heterocycles. The first-order valence-corrected chi connectivity index (χ1v) is 7.11. The van der Waals surface area contributed by atoms with E-state index in [0.29, 0.717) is 5.92 Å². The second-order valence-corrected chi connectivity index (χ2v) is 4.48. The van der Waals surface area contributed by atoms with Crippen LogP contribution in [0.15, 0.2) is 17.0 Å². The predicted octanol–water partition coefficient (Wildman–Crippen LogP) is 5.30. The van der Waals surface area contributed by atoms with Crippen LogP contribution in [-0.2, 0) is 4.84 Å². The van der Waals surface area contributed by atoms with Gasteiger partial charge in [-0.1, -0.05) is 51.1 Å². The molecule has 100 valence electrons. The van der Waals surface area contributed by atoms with Crippen LogP contribution in [0.2, 0.25) is 0 Å². The Labute approximate surface area is 107 Å². The maximum Gasteiger partial charge on any atom is 0.133 e. The van der Waals surface area contributed by atoms with Gasteiger partial charge in [0, 0.05) is 12.1 Å². The van der Waals surface area contributed by atoms with E-state index in [1.807, 2.05) is 13.8 Å². The van der Waals surface area contributed by atoms with Gasteiger partial charge in [-0.15, -0.1) is 0 Å². The third-order valence-corrected chi connectivity index (χ3v) is 2.99. The van der Waals surface area contributed by atoms with Gasteiger partial charge in [-0.2, -0.15) is 0 Å². The quantitative estimate of drug-likeness (QED) is 0.219. The van der Waals surface area contributed by atoms with Gasteiger partial charge in [-0.3, -0.25) is 0 Å². The number of hydrogen-bond acceptors (Lipinski definition) is 2. The average molecular weight is 239 g/mol. The highest BCUT2D eigenvalue weighted by Crippen LogP contribution is 2.25. The monoisotopic (exact) mass is 239 g/mol. The fourth-order valence-electron chi connectivity index (χ4n) is 2.07. The van der Waals surface area contributed by atoms with Crippen molar-refractivity contribution in [2.45, 2.75) is 72.6 Å². The molecule has 1 unspecified atom stereocenters. The first-order chi connectivity index (χ1) is 8.29. The summed E-state index contributed by atoms with van der Waals surface area (Å²) in [4.78, 5) is 5.44. The summed E-state index contributed by atoms with van der Waals surface area (Å²) in [7, 11) is 0. The van der Waals surface area contributed by atoms with E-state index in [4.69, 9.17) is 4.84 Å². The largest absolute Gasteiger partial charge is 0.362 e. The molecular formula is C15H29NO. The van der Waals surface area contributed by atoms with Crippen molar-refractivity contribution in [3.63, 3.8) is 0 Å². The average Bonchev–Trinajstić information content (AvgIpc) is 2.35. The molecule has 0 amide bonds. The third-order valence-electron chi connectivity index (χ3n) is 2.99. The minimum atomic E-state index is 0.547. The second kappa shape index (κ2) is 11.7. The SMILES string of the molecule is C/C=N\O/C(=C\C)C(CCC)CCCCCC. The summed E-state index contributed by atoms with van der Waals surface area (Å²) in [5.74, 6) is 1.59. The highest BCUT2D eigenvalue weighted by Gasteiger charge is 2.14. The fraction of sp³-hybridized carbons (Fsp3) is 0.800. The Balaban J connectivity index is 4.17. The Morgan fingerprint density at radius 3 is 2.35 bits per heavy atom. The van der Waals surface area contributed by atoms with Crippen LogP contribution < -0.4 is 0 Å². The van der Waals surface area contributed by atoms with Gasteiger partial charge in [-0.05, 0) is 32.8 Å². The topological polar surface area (TPSA) is 21.6 Å². The molecule has 0 aromatic heterocycles. The Bertz CT molecular complexity index is 221. The smallest absolute Gasteiger partial charge is 0.133 e. The van der Waals surface area contributed by atoms with Crippen molar-refractivity contribution in [2.24, 2.45) is 11.1 Å². The lowest BCUT2D eigenvalue weighted by molar-refractivity contribution is 0.179. The summed E-state index contributed by atoms with van der Waals surface area (Å²) in [6.07, 6.45) is 12.7. The molecule has 0 aliphatic heterocycles. The summed E-state index contributed by atoms with van der Waals surface area (Å²) in [5.41, 5.74) is 0. The molecule has 0 saturated carbocycles. The van der Waals surface area contributed by atoms with Crippen molar-refractivity contribution >= 4 is 6.21 Å². The molecule has 0 rings (SSSR count). The van der Waals surface area contributed by atoms with Gasteiger partial charge in [-0.25, -0.2) is 0 Å². The molecule has 0 saturated heterocycles. The van der Waals surface area contributed by atoms with Gasteiger partial charge in [0.25, 0.3) is 0 Å². The predicted molar refractivity (Wildman–Crippen MR) is 76.2 cm³/mol. The van der Waals surface area contributed by atoms with Crippen LogP contribution in [0.1, 0.15) is 72.6 Å². The van der Waals surface area contributed by atoms with E-state index in [0.717, 1.165) is 5.76 Å². The Kier molecular flexibility index (Phi) is 11.1. The van der Waals surface area contributed by atoms with E-state index in [9.17, 15) is 0 Å². The number of nitrogens with zero attached hydrogens (tertiary/aromatic N) is 1. The van der Waals surface area contributed by atoms with Crippen LogP contribution in [0.5, 0.6) is 0 Å². The maximum absolute atomic E-state index is 5.44. The third kappa shape index (κ3) is 8.00. The van der Waals surface area contributed by atoms with E-state index < -0.39 is 0 Å². The fourth-order valence-corrected chi connectivity index (χ4v) is 2.07. The second-order valence-electron chi connectivity index (χ2n) is 4.48. The van der Waals surface area contributed by atoms with Crippen LogP contribution in [-0.4, -0.2) is 6.21 Å². The van der Waals surface area contributed by atoms with Crippen LogP contribution in [0.25, 0.3) is 0 Å². The van der Waals surface area contributed by atoms with E-state index in [-0.39, 0.29) is 0 Å². The lowest BCUT2D eigenvalue weighted by Gasteiger charge is -2.17. The van der Waals surface area contributed by atoms with Gasteiger partial charge in [0.15, 0.2) is 0 Å². The number of allylic oxidation sites excluding steroid dienone is 2. The Morgan fingerprint density at radius 2 is 1.82 bits per heavy atom. The zero-order valence-electron chi connectivity index (χ0n) is 12.0. The van der Waals surface area contributed by atoms with Gasteiger partial charge in [0.1, 0.15) is 5.76 Å². The van der Waals surface area contributed by atoms with E-state index >= 15 is 0 Å². The van der Waals surface area contributed by atoms with Crippen molar-refractivity contribution in [1.82, 2.24) is 0 Å². The van der Waals surface area contributed by atoms with Crippen molar-refractivity contribution in [3.05, 3.63) is 11.8 Å². The number of hydrogen-bond donors (Lipinski definition) is 0. The van der Waals surface area contributed by atoms with Crippen LogP contribution in [0.4, 0.5) is 0 Å². The summed E-state index contributed by atoms with van der Waals surface area (Å²) >= 11 is 0. The molecule has 1 atom stereocenters. The minimum Gasteiger partial charge on any atom is -0.362 e. The molecular weight excluding hydrogens is 210 g/mol. The highest BCUT2D eigenvalue weighted by molar-refractivity contribution is 5.52. The van der Waals surface area contributed by atoms with Crippen LogP contribution in [0, 0.1) is 5.92 Å². The zero-order valence-corrected chi connectivity index (χ0v) is 12.0. The van der Waals surface area contributed by atoms with Crippen molar-refractivity contribution in [1.29, 1.82) is 0 Å². The lowest BCUT2D eigenvalue weighted by atomic mass is 9.94. The van der Waals surface area contributed by atoms with Gasteiger partial charge in [0.2, 0.25) is 0 Å². The molecule has 0 aromatic carbocycles. The molecule has 17 heavy (non-hydrogen) atoms.